The largest absolute Gasteiger partial charge is 0.327 e. The van der Waals surface area contributed by atoms with Crippen molar-refractivity contribution in [2.45, 2.75) is 20.3 Å². The van der Waals surface area contributed by atoms with Gasteiger partial charge in [0.25, 0.3) is 0 Å². The smallest absolute Gasteiger partial charge is 0.0134 e. The van der Waals surface area contributed by atoms with Crippen LogP contribution in [-0.2, 0) is 0 Å². The van der Waals surface area contributed by atoms with Crippen molar-refractivity contribution in [3.05, 3.63) is 24.3 Å². The minimum Gasteiger partial charge on any atom is -0.327 e. The maximum absolute atomic E-state index is 5.41. The van der Waals surface area contributed by atoms with Crippen LogP contribution in [0.4, 0.5) is 0 Å². The zero-order valence-electron chi connectivity index (χ0n) is 6.93. The highest BCUT2D eigenvalue weighted by Gasteiger charge is 1.91. The van der Waals surface area contributed by atoms with Crippen LogP contribution in [0.5, 0.6) is 0 Å². The number of nitrogens with two attached hydrogens (primary N) is 1. The Balaban J connectivity index is 3.60. The first kappa shape index (κ1) is 9.44. The van der Waals surface area contributed by atoms with Gasteiger partial charge in [-0.2, -0.15) is 0 Å². The van der Waals surface area contributed by atoms with Crippen LogP contribution in [0.25, 0.3) is 0 Å². The summed E-state index contributed by atoms with van der Waals surface area (Å²) in [5.41, 5.74) is 6.66. The van der Waals surface area contributed by atoms with E-state index in [1.54, 1.807) is 0 Å². The van der Waals surface area contributed by atoms with E-state index in [1.807, 2.05) is 6.08 Å². The lowest BCUT2D eigenvalue weighted by Gasteiger charge is -2.00. The Labute approximate surface area is 63.6 Å². The predicted molar refractivity (Wildman–Crippen MR) is 46.8 cm³/mol. The fourth-order valence-electron chi connectivity index (χ4n) is 0.567. The number of allylic oxidation sites excluding steroid dienone is 2. The highest BCUT2D eigenvalue weighted by atomic mass is 14.5. The molecule has 0 aliphatic carbocycles. The molecule has 0 rings (SSSR count). The summed E-state index contributed by atoms with van der Waals surface area (Å²) in [7, 11) is 0. The fraction of sp³-hybridized carbons (Fsp3) is 0.556. The monoisotopic (exact) mass is 139 g/mol. The molecule has 0 saturated carbocycles. The van der Waals surface area contributed by atoms with Crippen LogP contribution in [0, 0.1) is 5.92 Å². The van der Waals surface area contributed by atoms with Crippen LogP contribution >= 0.6 is 0 Å². The first-order chi connectivity index (χ1) is 4.70. The van der Waals surface area contributed by atoms with Crippen molar-refractivity contribution < 1.29 is 0 Å². The Kier molecular flexibility index (Phi) is 4.95. The van der Waals surface area contributed by atoms with E-state index in [-0.39, 0.29) is 0 Å². The Bertz CT molecular complexity index is 125. The van der Waals surface area contributed by atoms with Crippen LogP contribution < -0.4 is 5.73 Å². The van der Waals surface area contributed by atoms with E-state index < -0.39 is 0 Å². The molecule has 0 aliphatic heterocycles. The van der Waals surface area contributed by atoms with Gasteiger partial charge >= 0.3 is 0 Å². The Hall–Kier alpha value is -0.560. The van der Waals surface area contributed by atoms with Gasteiger partial charge in [-0.15, -0.1) is 6.58 Å². The summed E-state index contributed by atoms with van der Waals surface area (Å²) >= 11 is 0. The van der Waals surface area contributed by atoms with Crippen molar-refractivity contribution in [3.8, 4) is 0 Å². The minimum atomic E-state index is 0.571. The van der Waals surface area contributed by atoms with Gasteiger partial charge < -0.3 is 5.73 Å². The van der Waals surface area contributed by atoms with Gasteiger partial charge in [0.05, 0.1) is 0 Å². The molecular weight excluding hydrogens is 122 g/mol. The second-order valence-electron chi connectivity index (χ2n) is 2.70. The van der Waals surface area contributed by atoms with Gasteiger partial charge in [0, 0.05) is 6.54 Å². The van der Waals surface area contributed by atoms with Gasteiger partial charge in [-0.1, -0.05) is 24.6 Å². The molecular formula is C9H17N. The Morgan fingerprint density at radius 1 is 1.70 bits per heavy atom. The number of hydrogen-bond acceptors (Lipinski definition) is 1. The summed E-state index contributed by atoms with van der Waals surface area (Å²) in [4.78, 5) is 0. The summed E-state index contributed by atoms with van der Waals surface area (Å²) in [5.74, 6) is 0.571. The predicted octanol–water partition coefficient (Wildman–Crippen LogP) is 2.10. The van der Waals surface area contributed by atoms with Crippen molar-refractivity contribution >= 4 is 0 Å². The minimum absolute atomic E-state index is 0.571. The van der Waals surface area contributed by atoms with Gasteiger partial charge in [0.1, 0.15) is 0 Å². The average Bonchev–Trinajstić information content (AvgIpc) is 1.99. The first-order valence-corrected chi connectivity index (χ1v) is 3.69. The van der Waals surface area contributed by atoms with Crippen LogP contribution in [0.1, 0.15) is 20.3 Å². The molecule has 2 N–H and O–H groups in total. The van der Waals surface area contributed by atoms with Crippen LogP contribution in [0.15, 0.2) is 24.3 Å². The molecule has 58 valence electrons. The van der Waals surface area contributed by atoms with E-state index in [4.69, 9.17) is 5.73 Å². The summed E-state index contributed by atoms with van der Waals surface area (Å²) in [6.45, 7) is 8.57. The molecule has 0 aliphatic rings. The maximum Gasteiger partial charge on any atom is 0.0134 e. The zero-order chi connectivity index (χ0) is 7.98. The third kappa shape index (κ3) is 4.33. The molecule has 0 radical (unpaired) electrons. The molecule has 0 aromatic rings. The third-order valence-electron chi connectivity index (χ3n) is 1.56. The molecule has 0 amide bonds. The molecule has 0 fully saturated rings. The van der Waals surface area contributed by atoms with Crippen LogP contribution in [0.3, 0.4) is 0 Å². The molecule has 10 heavy (non-hydrogen) atoms. The van der Waals surface area contributed by atoms with Crippen molar-refractivity contribution in [1.29, 1.82) is 0 Å². The molecule has 1 atom stereocenters. The maximum atomic E-state index is 5.41. The summed E-state index contributed by atoms with van der Waals surface area (Å²) in [5, 5.41) is 0. The number of rotatable bonds is 4. The molecule has 1 heteroatoms. The molecule has 0 spiro atoms. The summed E-state index contributed by atoms with van der Waals surface area (Å²) < 4.78 is 0. The second-order valence-corrected chi connectivity index (χ2v) is 2.70. The molecule has 0 bridgehead atoms. The van der Waals surface area contributed by atoms with Crippen molar-refractivity contribution in [2.75, 3.05) is 6.54 Å². The van der Waals surface area contributed by atoms with Crippen LogP contribution in [-0.4, -0.2) is 6.54 Å². The molecule has 1 unspecified atom stereocenters. The first-order valence-electron chi connectivity index (χ1n) is 3.69. The van der Waals surface area contributed by atoms with Crippen molar-refractivity contribution in [3.63, 3.8) is 0 Å². The lowest BCUT2D eigenvalue weighted by Crippen LogP contribution is -2.00. The zero-order valence-corrected chi connectivity index (χ0v) is 6.93. The van der Waals surface area contributed by atoms with Gasteiger partial charge in [-0.25, -0.2) is 0 Å². The van der Waals surface area contributed by atoms with E-state index in [1.165, 1.54) is 5.57 Å². The second kappa shape index (κ2) is 5.24. The van der Waals surface area contributed by atoms with Gasteiger partial charge in [0.15, 0.2) is 0 Å². The molecule has 0 aromatic carbocycles. The van der Waals surface area contributed by atoms with Gasteiger partial charge in [-0.05, 0) is 19.3 Å². The van der Waals surface area contributed by atoms with Gasteiger partial charge in [0.2, 0.25) is 0 Å². The van der Waals surface area contributed by atoms with Crippen molar-refractivity contribution in [2.24, 2.45) is 11.7 Å². The van der Waals surface area contributed by atoms with E-state index in [2.05, 4.69) is 26.5 Å². The molecule has 0 heterocycles. The van der Waals surface area contributed by atoms with Crippen LogP contribution in [0.2, 0.25) is 0 Å². The normalized spacial score (nSPS) is 14.9. The molecule has 0 aromatic heterocycles. The van der Waals surface area contributed by atoms with E-state index in [0.717, 1.165) is 6.42 Å². The highest BCUT2D eigenvalue weighted by Crippen LogP contribution is 2.04. The lowest BCUT2D eigenvalue weighted by atomic mass is 10.1. The lowest BCUT2D eigenvalue weighted by molar-refractivity contribution is 0.741. The number of hydrogen-bond donors (Lipinski definition) is 1. The molecule has 0 saturated heterocycles. The van der Waals surface area contributed by atoms with E-state index in [0.29, 0.717) is 12.5 Å². The quantitative estimate of drug-likeness (QED) is 0.593. The van der Waals surface area contributed by atoms with E-state index >= 15 is 0 Å². The standard InChI is InChI=1S/C9H17N/c1-4-8(2)5-6-9(3)7-10/h4,6,8H,1,5,7,10H2,2-3H3/b9-6-. The summed E-state index contributed by atoms with van der Waals surface area (Å²) in [6.07, 6.45) is 5.19. The Morgan fingerprint density at radius 3 is 2.70 bits per heavy atom. The average molecular weight is 139 g/mol. The summed E-state index contributed by atoms with van der Waals surface area (Å²) in [6, 6.07) is 0. The van der Waals surface area contributed by atoms with Crippen molar-refractivity contribution in [1.82, 2.24) is 0 Å². The highest BCUT2D eigenvalue weighted by molar-refractivity contribution is 5.00. The third-order valence-corrected chi connectivity index (χ3v) is 1.56. The molecule has 1 nitrogen and oxygen atoms in total. The topological polar surface area (TPSA) is 26.0 Å². The SMILES string of the molecule is C=CC(C)C/C=C(/C)CN. The van der Waals surface area contributed by atoms with Gasteiger partial charge in [-0.3, -0.25) is 0 Å². The van der Waals surface area contributed by atoms with E-state index in [9.17, 15) is 0 Å². The fourth-order valence-corrected chi connectivity index (χ4v) is 0.567. The Morgan fingerprint density at radius 2 is 2.30 bits per heavy atom.